The van der Waals surface area contributed by atoms with Gasteiger partial charge in [-0.05, 0) is 80.2 Å². The first-order valence-corrected chi connectivity index (χ1v) is 13.6. The van der Waals surface area contributed by atoms with Crippen LogP contribution in [0.3, 0.4) is 0 Å². The molecule has 38 heavy (non-hydrogen) atoms. The SMILES string of the molecule is CCC(Oc1ccc(C)c(C)c1)C(=O)O[C@H]1C[C@H](O)C=C2C=C[C@H](C)[C@H](CC[C@@H](O)C[C@@H](O)CC(=O)O)[C@H]21. The van der Waals surface area contributed by atoms with Gasteiger partial charge in [0.25, 0.3) is 0 Å². The molecule has 0 spiro atoms. The van der Waals surface area contributed by atoms with Gasteiger partial charge in [-0.15, -0.1) is 0 Å². The van der Waals surface area contributed by atoms with E-state index in [1.54, 1.807) is 6.08 Å². The van der Waals surface area contributed by atoms with Gasteiger partial charge in [-0.2, -0.15) is 0 Å². The largest absolute Gasteiger partial charge is 0.481 e. The third kappa shape index (κ3) is 7.91. The van der Waals surface area contributed by atoms with Crippen molar-refractivity contribution in [2.75, 3.05) is 0 Å². The van der Waals surface area contributed by atoms with Crippen LogP contribution in [0.15, 0.2) is 42.0 Å². The second kappa shape index (κ2) is 13.4. The molecular formula is C30H42O8. The molecule has 8 atom stereocenters. The van der Waals surface area contributed by atoms with Crippen LogP contribution in [0.4, 0.5) is 0 Å². The third-order valence-electron chi connectivity index (χ3n) is 7.82. The Balaban J connectivity index is 1.71. The number of aliphatic hydroxyl groups is 3. The predicted molar refractivity (Wildman–Crippen MR) is 143 cm³/mol. The Morgan fingerprint density at radius 1 is 1.13 bits per heavy atom. The summed E-state index contributed by atoms with van der Waals surface area (Å²) in [6, 6.07) is 5.69. The summed E-state index contributed by atoms with van der Waals surface area (Å²) in [5.74, 6) is -0.961. The smallest absolute Gasteiger partial charge is 0.347 e. The average molecular weight is 531 g/mol. The summed E-state index contributed by atoms with van der Waals surface area (Å²) in [6.07, 6.45) is 3.07. The van der Waals surface area contributed by atoms with E-state index in [1.165, 1.54) is 0 Å². The van der Waals surface area contributed by atoms with E-state index in [2.05, 4.69) is 13.0 Å². The maximum atomic E-state index is 13.3. The summed E-state index contributed by atoms with van der Waals surface area (Å²) in [4.78, 5) is 24.1. The number of hydrogen-bond acceptors (Lipinski definition) is 7. The van der Waals surface area contributed by atoms with E-state index in [0.717, 1.165) is 16.7 Å². The van der Waals surface area contributed by atoms with Crippen LogP contribution in [0.2, 0.25) is 0 Å². The molecule has 8 nitrogen and oxygen atoms in total. The summed E-state index contributed by atoms with van der Waals surface area (Å²) in [7, 11) is 0. The third-order valence-corrected chi connectivity index (χ3v) is 7.82. The van der Waals surface area contributed by atoms with Crippen LogP contribution in [0, 0.1) is 31.6 Å². The number of hydrogen-bond donors (Lipinski definition) is 4. The zero-order valence-corrected chi connectivity index (χ0v) is 22.7. The van der Waals surface area contributed by atoms with Crippen LogP contribution in [0.1, 0.15) is 63.5 Å². The standard InChI is InChI=1S/C30H42O8/c1-5-26(37-24-10-7-17(2)19(4)12-24)30(36)38-27-15-22(32)13-20-8-6-18(3)25(29(20)27)11-9-21(31)14-23(33)16-28(34)35/h6-8,10,12-13,18,21-23,25-27,29,31-33H,5,9,11,14-16H2,1-4H3,(H,34,35)/t18-,21+,22+,23+,25-,26?,27-,29-/m0/s1. The normalized spacial score (nSPS) is 27.0. The van der Waals surface area contributed by atoms with Crippen molar-refractivity contribution >= 4 is 11.9 Å². The molecule has 0 bridgehead atoms. The van der Waals surface area contributed by atoms with E-state index in [9.17, 15) is 24.9 Å². The summed E-state index contributed by atoms with van der Waals surface area (Å²) >= 11 is 0. The molecule has 0 aromatic heterocycles. The molecule has 1 unspecified atom stereocenters. The van der Waals surface area contributed by atoms with E-state index < -0.39 is 48.9 Å². The number of allylic oxidation sites excluding steroid dienone is 2. The van der Waals surface area contributed by atoms with Crippen LogP contribution in [-0.2, 0) is 14.3 Å². The zero-order valence-electron chi connectivity index (χ0n) is 22.7. The van der Waals surface area contributed by atoms with Crippen molar-refractivity contribution < 1.29 is 39.5 Å². The first-order valence-electron chi connectivity index (χ1n) is 13.6. The van der Waals surface area contributed by atoms with Gasteiger partial charge in [0.05, 0.1) is 24.7 Å². The minimum atomic E-state index is -1.11. The molecule has 2 aliphatic rings. The molecule has 0 fully saturated rings. The molecule has 210 valence electrons. The van der Waals surface area contributed by atoms with Gasteiger partial charge in [0.15, 0.2) is 6.10 Å². The first-order chi connectivity index (χ1) is 18.0. The van der Waals surface area contributed by atoms with Crippen LogP contribution in [0.25, 0.3) is 0 Å². The second-order valence-corrected chi connectivity index (χ2v) is 10.8. The molecule has 0 amide bonds. The fourth-order valence-electron chi connectivity index (χ4n) is 5.56. The van der Waals surface area contributed by atoms with Crippen molar-refractivity contribution in [3.8, 4) is 5.75 Å². The lowest BCUT2D eigenvalue weighted by Gasteiger charge is -2.43. The molecule has 0 saturated heterocycles. The Morgan fingerprint density at radius 3 is 2.53 bits per heavy atom. The number of aliphatic hydroxyl groups excluding tert-OH is 3. The van der Waals surface area contributed by atoms with Gasteiger partial charge in [0, 0.05) is 12.3 Å². The summed E-state index contributed by atoms with van der Waals surface area (Å²) < 4.78 is 12.0. The fraction of sp³-hybridized carbons (Fsp3) is 0.600. The second-order valence-electron chi connectivity index (χ2n) is 10.8. The Kier molecular flexibility index (Phi) is 10.5. The minimum absolute atomic E-state index is 0.0122. The highest BCUT2D eigenvalue weighted by Gasteiger charge is 2.42. The summed E-state index contributed by atoms with van der Waals surface area (Å²) in [5.41, 5.74) is 3.11. The number of aliphatic carboxylic acids is 1. The molecule has 1 aromatic rings. The van der Waals surface area contributed by atoms with Gasteiger partial charge in [-0.3, -0.25) is 4.79 Å². The number of carbonyl (C=O) groups is 2. The molecule has 3 rings (SSSR count). The molecule has 0 saturated carbocycles. The number of esters is 1. The number of fused-ring (bicyclic) bond motifs is 1. The number of carboxylic acid groups (broad SMARTS) is 1. The Bertz CT molecular complexity index is 1030. The van der Waals surface area contributed by atoms with Crippen LogP contribution in [-0.4, -0.2) is 62.9 Å². The summed E-state index contributed by atoms with van der Waals surface area (Å²) in [6.45, 7) is 7.94. The van der Waals surface area contributed by atoms with Gasteiger partial charge in [-0.25, -0.2) is 4.79 Å². The van der Waals surface area contributed by atoms with Crippen LogP contribution < -0.4 is 4.74 Å². The lowest BCUT2D eigenvalue weighted by atomic mass is 9.66. The van der Waals surface area contributed by atoms with E-state index in [-0.39, 0.29) is 30.6 Å². The fourth-order valence-corrected chi connectivity index (χ4v) is 5.56. The van der Waals surface area contributed by atoms with Crippen molar-refractivity contribution in [3.63, 3.8) is 0 Å². The van der Waals surface area contributed by atoms with Gasteiger partial charge in [-0.1, -0.05) is 38.1 Å². The lowest BCUT2D eigenvalue weighted by Crippen LogP contribution is -2.44. The highest BCUT2D eigenvalue weighted by molar-refractivity contribution is 5.75. The topological polar surface area (TPSA) is 134 Å². The van der Waals surface area contributed by atoms with Gasteiger partial charge >= 0.3 is 11.9 Å². The lowest BCUT2D eigenvalue weighted by molar-refractivity contribution is -0.163. The van der Waals surface area contributed by atoms with Crippen molar-refractivity contribution in [1.29, 1.82) is 0 Å². The number of carboxylic acids is 1. The maximum Gasteiger partial charge on any atom is 0.347 e. The molecule has 2 aliphatic carbocycles. The Hall–Kier alpha value is -2.68. The van der Waals surface area contributed by atoms with Gasteiger partial charge in [0.1, 0.15) is 11.9 Å². The quantitative estimate of drug-likeness (QED) is 0.299. The maximum absolute atomic E-state index is 13.3. The molecule has 0 heterocycles. The van der Waals surface area contributed by atoms with Crippen molar-refractivity contribution in [2.24, 2.45) is 17.8 Å². The highest BCUT2D eigenvalue weighted by Crippen LogP contribution is 2.44. The first kappa shape index (κ1) is 29.9. The minimum Gasteiger partial charge on any atom is -0.481 e. The Morgan fingerprint density at radius 2 is 1.87 bits per heavy atom. The van der Waals surface area contributed by atoms with Gasteiger partial charge in [0.2, 0.25) is 0 Å². The number of rotatable bonds is 12. The molecule has 8 heteroatoms. The number of ether oxygens (including phenoxy) is 2. The van der Waals surface area contributed by atoms with Gasteiger partial charge < -0.3 is 29.9 Å². The monoisotopic (exact) mass is 530 g/mol. The highest BCUT2D eigenvalue weighted by atomic mass is 16.6. The van der Waals surface area contributed by atoms with Crippen LogP contribution >= 0.6 is 0 Å². The van der Waals surface area contributed by atoms with Crippen molar-refractivity contribution in [2.45, 2.75) is 96.7 Å². The number of benzene rings is 1. The average Bonchev–Trinajstić information content (AvgIpc) is 2.83. The van der Waals surface area contributed by atoms with E-state index in [0.29, 0.717) is 25.0 Å². The van der Waals surface area contributed by atoms with Crippen LogP contribution in [0.5, 0.6) is 5.75 Å². The molecule has 4 N–H and O–H groups in total. The van der Waals surface area contributed by atoms with Crippen molar-refractivity contribution in [1.82, 2.24) is 0 Å². The Labute approximate surface area is 225 Å². The molecule has 0 aliphatic heterocycles. The molecular weight excluding hydrogens is 488 g/mol. The zero-order chi connectivity index (χ0) is 28.0. The molecule has 0 radical (unpaired) electrons. The predicted octanol–water partition coefficient (Wildman–Crippen LogP) is 3.87. The number of aryl methyl sites for hydroxylation is 2. The summed E-state index contributed by atoms with van der Waals surface area (Å²) in [5, 5.41) is 39.7. The number of carbonyl (C=O) groups excluding carboxylic acids is 1. The molecule has 1 aromatic carbocycles. The van der Waals surface area contributed by atoms with E-state index in [1.807, 2.05) is 45.0 Å². The van der Waals surface area contributed by atoms with Crippen molar-refractivity contribution in [3.05, 3.63) is 53.1 Å². The van der Waals surface area contributed by atoms with E-state index in [4.69, 9.17) is 14.6 Å². The van der Waals surface area contributed by atoms with E-state index >= 15 is 0 Å².